The molecule has 0 atom stereocenters. The summed E-state index contributed by atoms with van der Waals surface area (Å²) in [6, 6.07) is 14.4. The highest BCUT2D eigenvalue weighted by Gasteiger charge is 2.18. The molecule has 0 aliphatic rings. The predicted octanol–water partition coefficient (Wildman–Crippen LogP) is 5.20. The van der Waals surface area contributed by atoms with E-state index in [-0.39, 0.29) is 17.7 Å². The first-order valence-corrected chi connectivity index (χ1v) is 9.59. The van der Waals surface area contributed by atoms with Crippen LogP contribution in [-0.4, -0.2) is 25.2 Å². The SMILES string of the molecule is CCCCCOC(=O)c1ccccc1C(=O)OCCc1ccccc1Br. The van der Waals surface area contributed by atoms with Gasteiger partial charge in [-0.05, 0) is 30.2 Å². The van der Waals surface area contributed by atoms with Gasteiger partial charge in [0.15, 0.2) is 0 Å². The fourth-order valence-corrected chi connectivity index (χ4v) is 2.95. The van der Waals surface area contributed by atoms with E-state index in [1.165, 1.54) is 0 Å². The van der Waals surface area contributed by atoms with Crippen molar-refractivity contribution in [1.29, 1.82) is 0 Å². The summed E-state index contributed by atoms with van der Waals surface area (Å²) < 4.78 is 11.6. The zero-order chi connectivity index (χ0) is 18.8. The average Bonchev–Trinajstić information content (AvgIpc) is 2.66. The lowest BCUT2D eigenvalue weighted by atomic mass is 10.1. The van der Waals surface area contributed by atoms with E-state index in [4.69, 9.17) is 9.47 Å². The molecular formula is C21H23BrO4. The number of rotatable bonds is 9. The molecule has 0 heterocycles. The third kappa shape index (κ3) is 5.99. The highest BCUT2D eigenvalue weighted by atomic mass is 79.9. The first-order valence-electron chi connectivity index (χ1n) is 8.80. The van der Waals surface area contributed by atoms with Gasteiger partial charge < -0.3 is 9.47 Å². The maximum Gasteiger partial charge on any atom is 0.339 e. The molecule has 0 saturated carbocycles. The maximum atomic E-state index is 12.4. The van der Waals surface area contributed by atoms with Crippen molar-refractivity contribution >= 4 is 27.9 Å². The Morgan fingerprint density at radius 2 is 1.42 bits per heavy atom. The summed E-state index contributed by atoms with van der Waals surface area (Å²) >= 11 is 3.47. The van der Waals surface area contributed by atoms with Crippen molar-refractivity contribution in [3.05, 3.63) is 69.7 Å². The second-order valence-corrected chi connectivity index (χ2v) is 6.72. The van der Waals surface area contributed by atoms with Crippen LogP contribution in [0.5, 0.6) is 0 Å². The van der Waals surface area contributed by atoms with Gasteiger partial charge in [0.2, 0.25) is 0 Å². The molecule has 26 heavy (non-hydrogen) atoms. The number of halogens is 1. The quantitative estimate of drug-likeness (QED) is 0.414. The molecule has 0 amide bonds. The van der Waals surface area contributed by atoms with Crippen LogP contribution in [0.3, 0.4) is 0 Å². The molecule has 0 radical (unpaired) electrons. The number of hydrogen-bond acceptors (Lipinski definition) is 4. The van der Waals surface area contributed by atoms with Gasteiger partial charge >= 0.3 is 11.9 Å². The van der Waals surface area contributed by atoms with E-state index in [0.717, 1.165) is 29.3 Å². The molecule has 0 fully saturated rings. The molecule has 0 aliphatic heterocycles. The summed E-state index contributed by atoms with van der Waals surface area (Å²) in [7, 11) is 0. The van der Waals surface area contributed by atoms with E-state index >= 15 is 0 Å². The Bertz CT molecular complexity index is 742. The fourth-order valence-electron chi connectivity index (χ4n) is 2.47. The predicted molar refractivity (Wildman–Crippen MR) is 104 cm³/mol. The van der Waals surface area contributed by atoms with Crippen molar-refractivity contribution in [2.24, 2.45) is 0 Å². The Labute approximate surface area is 162 Å². The summed E-state index contributed by atoms with van der Waals surface area (Å²) in [5, 5.41) is 0. The smallest absolute Gasteiger partial charge is 0.339 e. The summed E-state index contributed by atoms with van der Waals surface area (Å²) in [5.74, 6) is -1.00. The van der Waals surface area contributed by atoms with Crippen LogP contribution in [-0.2, 0) is 15.9 Å². The van der Waals surface area contributed by atoms with Crippen LogP contribution in [0, 0.1) is 0 Å². The van der Waals surface area contributed by atoms with Crippen molar-refractivity contribution in [3.63, 3.8) is 0 Å². The van der Waals surface area contributed by atoms with Crippen molar-refractivity contribution in [2.75, 3.05) is 13.2 Å². The largest absolute Gasteiger partial charge is 0.462 e. The van der Waals surface area contributed by atoms with Gasteiger partial charge in [-0.2, -0.15) is 0 Å². The zero-order valence-electron chi connectivity index (χ0n) is 14.9. The lowest BCUT2D eigenvalue weighted by Gasteiger charge is -2.10. The molecule has 138 valence electrons. The third-order valence-corrected chi connectivity index (χ3v) is 4.68. The monoisotopic (exact) mass is 418 g/mol. The minimum Gasteiger partial charge on any atom is -0.462 e. The molecule has 0 N–H and O–H groups in total. The van der Waals surface area contributed by atoms with E-state index in [1.807, 2.05) is 24.3 Å². The zero-order valence-corrected chi connectivity index (χ0v) is 16.5. The topological polar surface area (TPSA) is 52.6 Å². The molecule has 0 saturated heterocycles. The van der Waals surface area contributed by atoms with Crippen molar-refractivity contribution in [1.82, 2.24) is 0 Å². The molecule has 0 aromatic heterocycles. The van der Waals surface area contributed by atoms with Gasteiger partial charge in [0.25, 0.3) is 0 Å². The molecular weight excluding hydrogens is 396 g/mol. The van der Waals surface area contributed by atoms with Crippen LogP contribution in [0.4, 0.5) is 0 Å². The third-order valence-electron chi connectivity index (χ3n) is 3.91. The van der Waals surface area contributed by atoms with E-state index in [9.17, 15) is 9.59 Å². The number of ether oxygens (including phenoxy) is 2. The summed E-state index contributed by atoms with van der Waals surface area (Å²) in [6.07, 6.45) is 3.47. The Balaban J connectivity index is 1.94. The van der Waals surface area contributed by atoms with E-state index in [2.05, 4.69) is 22.9 Å². The first-order chi connectivity index (χ1) is 12.6. The van der Waals surface area contributed by atoms with Crippen molar-refractivity contribution < 1.29 is 19.1 Å². The van der Waals surface area contributed by atoms with Crippen molar-refractivity contribution in [3.8, 4) is 0 Å². The highest BCUT2D eigenvalue weighted by Crippen LogP contribution is 2.17. The number of carbonyl (C=O) groups excluding carboxylic acids is 2. The molecule has 0 spiro atoms. The van der Waals surface area contributed by atoms with E-state index in [1.54, 1.807) is 24.3 Å². The van der Waals surface area contributed by atoms with E-state index in [0.29, 0.717) is 13.0 Å². The van der Waals surface area contributed by atoms with Gasteiger partial charge in [0.05, 0.1) is 24.3 Å². The Kier molecular flexibility index (Phi) is 8.35. The number of hydrogen-bond donors (Lipinski definition) is 0. The van der Waals surface area contributed by atoms with Gasteiger partial charge in [-0.3, -0.25) is 0 Å². The molecule has 0 bridgehead atoms. The summed E-state index contributed by atoms with van der Waals surface area (Å²) in [5.41, 5.74) is 1.54. The molecule has 2 aromatic carbocycles. The normalized spacial score (nSPS) is 10.4. The molecule has 4 nitrogen and oxygen atoms in total. The van der Waals surface area contributed by atoms with Gasteiger partial charge in [-0.25, -0.2) is 9.59 Å². The van der Waals surface area contributed by atoms with Crippen LogP contribution in [0.15, 0.2) is 53.0 Å². The Morgan fingerprint density at radius 3 is 2.04 bits per heavy atom. The second-order valence-electron chi connectivity index (χ2n) is 5.87. The fraction of sp³-hybridized carbons (Fsp3) is 0.333. The van der Waals surface area contributed by atoms with Crippen LogP contribution < -0.4 is 0 Å². The summed E-state index contributed by atoms with van der Waals surface area (Å²) in [6.45, 7) is 2.68. The maximum absolute atomic E-state index is 12.4. The lowest BCUT2D eigenvalue weighted by Crippen LogP contribution is -2.15. The number of benzene rings is 2. The first kappa shape index (κ1) is 20.2. The number of carbonyl (C=O) groups is 2. The number of esters is 2. The Morgan fingerprint density at radius 1 is 0.846 bits per heavy atom. The minimum absolute atomic E-state index is 0.236. The highest BCUT2D eigenvalue weighted by molar-refractivity contribution is 9.10. The van der Waals surface area contributed by atoms with Gasteiger partial charge in [0.1, 0.15) is 0 Å². The van der Waals surface area contributed by atoms with Crippen LogP contribution >= 0.6 is 15.9 Å². The Hall–Kier alpha value is -2.14. The minimum atomic E-state index is -0.516. The molecule has 0 unspecified atom stereocenters. The van der Waals surface area contributed by atoms with Crippen LogP contribution in [0.2, 0.25) is 0 Å². The second kappa shape index (κ2) is 10.8. The lowest BCUT2D eigenvalue weighted by molar-refractivity contribution is 0.0456. The van der Waals surface area contributed by atoms with E-state index < -0.39 is 11.9 Å². The van der Waals surface area contributed by atoms with Crippen LogP contribution in [0.25, 0.3) is 0 Å². The molecule has 2 aromatic rings. The molecule has 0 aliphatic carbocycles. The van der Waals surface area contributed by atoms with Crippen LogP contribution in [0.1, 0.15) is 52.5 Å². The van der Waals surface area contributed by atoms with Gasteiger partial charge in [0, 0.05) is 10.9 Å². The average molecular weight is 419 g/mol. The van der Waals surface area contributed by atoms with Crippen molar-refractivity contribution in [2.45, 2.75) is 32.6 Å². The van der Waals surface area contributed by atoms with Gasteiger partial charge in [-0.15, -0.1) is 0 Å². The molecule has 5 heteroatoms. The molecule has 2 rings (SSSR count). The number of unbranched alkanes of at least 4 members (excludes halogenated alkanes) is 2. The van der Waals surface area contributed by atoms with Gasteiger partial charge in [-0.1, -0.05) is 66.0 Å². The standard InChI is InChI=1S/C21H23BrO4/c1-2-3-8-14-25-20(23)17-10-5-6-11-18(17)21(24)26-15-13-16-9-4-7-12-19(16)22/h4-7,9-12H,2-3,8,13-15H2,1H3. The summed E-state index contributed by atoms with van der Waals surface area (Å²) in [4.78, 5) is 24.6.